The molecule has 0 aliphatic heterocycles. The summed E-state index contributed by atoms with van der Waals surface area (Å²) >= 11 is 4.79. The third-order valence-corrected chi connectivity index (χ3v) is 11.2. The van der Waals surface area contributed by atoms with Crippen LogP contribution in [0.3, 0.4) is 0 Å². The molecule has 0 saturated heterocycles. The predicted molar refractivity (Wildman–Crippen MR) is 212 cm³/mol. The average molecular weight is 907 g/mol. The quantitative estimate of drug-likeness (QED) is 0.0334. The number of benzene rings is 3. The van der Waals surface area contributed by atoms with Gasteiger partial charge in [-0.05, 0) is 54.1 Å². The smallest absolute Gasteiger partial charge is 0.282 e. The van der Waals surface area contributed by atoms with Crippen molar-refractivity contribution in [3.05, 3.63) is 128 Å². The molecule has 0 bridgehead atoms. The minimum Gasteiger partial charge on any atom is -0.593 e. The van der Waals surface area contributed by atoms with Crippen LogP contribution in [-0.4, -0.2) is 63.8 Å². The maximum atomic E-state index is 14.9. The molecule has 23 heteroatoms. The number of halogens is 9. The SMILES string of the molecule is N=C(N[S+]([O-])C1CC1)c1c(Cl)ccc(-n2c(C(Cc3cc(F)cc(F)c3)NC(=O)Cn3nc(C(F)F)cc3C(F)F)nc3cc(-c4ncccn4)ccc3c2=O)c1NCC(F)F. The number of amidine groups is 1. The lowest BCUT2D eigenvalue weighted by Gasteiger charge is -2.26. The third kappa shape index (κ3) is 9.81. The molecule has 1 saturated carbocycles. The first-order valence-corrected chi connectivity index (χ1v) is 20.0. The van der Waals surface area contributed by atoms with Gasteiger partial charge in [0.25, 0.3) is 24.8 Å². The molecule has 1 aliphatic carbocycles. The Hall–Kier alpha value is -6.13. The topological polar surface area (TPSA) is 179 Å². The van der Waals surface area contributed by atoms with E-state index in [1.54, 1.807) is 6.07 Å². The van der Waals surface area contributed by atoms with Crippen LogP contribution in [0.4, 0.5) is 40.8 Å². The Labute approximate surface area is 353 Å². The van der Waals surface area contributed by atoms with Crippen molar-refractivity contribution in [2.45, 2.75) is 56.4 Å². The van der Waals surface area contributed by atoms with Crippen molar-refractivity contribution in [1.82, 2.24) is 39.3 Å². The molecule has 3 aromatic heterocycles. The van der Waals surface area contributed by atoms with Gasteiger partial charge < -0.3 is 15.2 Å². The molecule has 324 valence electrons. The summed E-state index contributed by atoms with van der Waals surface area (Å²) < 4.78 is 129. The number of rotatable bonds is 16. The van der Waals surface area contributed by atoms with Crippen LogP contribution in [0.1, 0.15) is 60.1 Å². The largest absolute Gasteiger partial charge is 0.593 e. The molecule has 1 fully saturated rings. The van der Waals surface area contributed by atoms with Crippen LogP contribution in [-0.2, 0) is 29.1 Å². The second-order valence-electron chi connectivity index (χ2n) is 13.8. The molecular weight excluding hydrogens is 876 g/mol. The Kier molecular flexibility index (Phi) is 13.1. The summed E-state index contributed by atoms with van der Waals surface area (Å²) in [7, 11) is 0. The number of carbonyl (C=O) groups is 1. The predicted octanol–water partition coefficient (Wildman–Crippen LogP) is 7.36. The molecule has 6 aromatic rings. The highest BCUT2D eigenvalue weighted by atomic mass is 35.5. The fraction of sp³-hybridized carbons (Fsp3) is 0.256. The number of fused-ring (bicyclic) bond motifs is 1. The van der Waals surface area contributed by atoms with Gasteiger partial charge in [-0.25, -0.2) is 50.1 Å². The van der Waals surface area contributed by atoms with E-state index in [-0.39, 0.29) is 49.5 Å². The van der Waals surface area contributed by atoms with Crippen molar-refractivity contribution in [3.8, 4) is 17.1 Å². The van der Waals surface area contributed by atoms with E-state index in [9.17, 15) is 49.3 Å². The van der Waals surface area contributed by atoms with Crippen molar-refractivity contribution in [1.29, 1.82) is 5.41 Å². The minimum absolute atomic E-state index is 0.0602. The van der Waals surface area contributed by atoms with Gasteiger partial charge in [-0.2, -0.15) is 9.82 Å². The minimum atomic E-state index is -3.35. The number of alkyl halides is 6. The van der Waals surface area contributed by atoms with Gasteiger partial charge in [0.1, 0.15) is 40.6 Å². The van der Waals surface area contributed by atoms with Crippen LogP contribution in [0.2, 0.25) is 5.02 Å². The molecule has 62 heavy (non-hydrogen) atoms. The lowest BCUT2D eigenvalue weighted by molar-refractivity contribution is -0.122. The van der Waals surface area contributed by atoms with Gasteiger partial charge in [-0.15, -0.1) is 0 Å². The van der Waals surface area contributed by atoms with Crippen LogP contribution < -0.4 is 20.9 Å². The standard InChI is InChI=1S/C39H31ClF8N10O3S/c40-24-6-7-28(33(52-16-30(43)44)32(24)36(49)56-62(61)22-3-4-22)58-38(54-25-13-19(2-5-23(25)39(58)60)37-50-8-1-9-51-37)27(12-18-10-20(41)14-21(42)11-18)53-31(59)17-57-29(35(47)48)15-26(55-57)34(45)46/h1-2,5-11,13-15,22,27,30,34-35,52H,3-4,12,16-17H2,(H2,49,56)(H,53,59). The van der Waals surface area contributed by atoms with Gasteiger partial charge in [0, 0.05) is 43.3 Å². The van der Waals surface area contributed by atoms with E-state index in [0.717, 1.165) is 16.7 Å². The summed E-state index contributed by atoms with van der Waals surface area (Å²) in [6.07, 6.45) is -6.13. The van der Waals surface area contributed by atoms with E-state index < -0.39 is 102 Å². The molecule has 1 aliphatic rings. The second-order valence-corrected chi connectivity index (χ2v) is 15.7. The molecule has 2 atom stereocenters. The maximum absolute atomic E-state index is 14.9. The van der Waals surface area contributed by atoms with Gasteiger partial charge in [0.2, 0.25) is 5.91 Å². The zero-order valence-corrected chi connectivity index (χ0v) is 33.1. The van der Waals surface area contributed by atoms with Crippen LogP contribution in [0.25, 0.3) is 28.0 Å². The fourth-order valence-corrected chi connectivity index (χ4v) is 7.82. The number of carbonyl (C=O) groups excluding carboxylic acids is 1. The Morgan fingerprint density at radius 2 is 1.68 bits per heavy atom. The van der Waals surface area contributed by atoms with Crippen molar-refractivity contribution in [2.75, 3.05) is 11.9 Å². The summed E-state index contributed by atoms with van der Waals surface area (Å²) in [5, 5.41) is 16.7. The van der Waals surface area contributed by atoms with E-state index in [2.05, 4.69) is 30.4 Å². The molecule has 13 nitrogen and oxygen atoms in total. The highest BCUT2D eigenvalue weighted by Gasteiger charge is 2.37. The average Bonchev–Trinajstić information content (AvgIpc) is 3.99. The molecule has 3 aromatic carbocycles. The van der Waals surface area contributed by atoms with E-state index in [0.29, 0.717) is 35.2 Å². The van der Waals surface area contributed by atoms with Crippen molar-refractivity contribution in [2.24, 2.45) is 0 Å². The Balaban J connectivity index is 1.46. The summed E-state index contributed by atoms with van der Waals surface area (Å²) in [5.41, 5.74) is -3.79. The van der Waals surface area contributed by atoms with E-state index >= 15 is 0 Å². The lowest BCUT2D eigenvalue weighted by atomic mass is 10.0. The zero-order valence-electron chi connectivity index (χ0n) is 31.6. The summed E-state index contributed by atoms with van der Waals surface area (Å²) in [6, 6.07) is 9.37. The summed E-state index contributed by atoms with van der Waals surface area (Å²) in [6.45, 7) is -2.16. The fourth-order valence-electron chi connectivity index (χ4n) is 6.54. The lowest BCUT2D eigenvalue weighted by Crippen LogP contribution is -2.38. The van der Waals surface area contributed by atoms with Crippen molar-refractivity contribution in [3.63, 3.8) is 0 Å². The highest BCUT2D eigenvalue weighted by Crippen LogP contribution is 2.35. The molecule has 0 spiro atoms. The highest BCUT2D eigenvalue weighted by molar-refractivity contribution is 7.91. The van der Waals surface area contributed by atoms with Gasteiger partial charge in [0.05, 0.1) is 56.8 Å². The summed E-state index contributed by atoms with van der Waals surface area (Å²) in [4.78, 5) is 41.9. The number of hydrogen-bond acceptors (Lipinski definition) is 9. The number of aromatic nitrogens is 6. The van der Waals surface area contributed by atoms with Gasteiger partial charge in [0.15, 0.2) is 11.7 Å². The monoisotopic (exact) mass is 906 g/mol. The Morgan fingerprint density at radius 3 is 2.32 bits per heavy atom. The summed E-state index contributed by atoms with van der Waals surface area (Å²) in [5.74, 6) is -4.08. The Bertz CT molecular complexity index is 2690. The molecule has 4 N–H and O–H groups in total. The van der Waals surface area contributed by atoms with Gasteiger partial charge in [-0.1, -0.05) is 17.7 Å². The molecule has 0 radical (unpaired) electrons. The maximum Gasteiger partial charge on any atom is 0.282 e. The number of nitrogens with one attached hydrogen (secondary N) is 4. The Morgan fingerprint density at radius 1 is 0.968 bits per heavy atom. The number of hydrogen-bond donors (Lipinski definition) is 4. The normalized spacial score (nSPS) is 13.8. The molecule has 2 unspecified atom stereocenters. The van der Waals surface area contributed by atoms with Crippen LogP contribution in [0.5, 0.6) is 0 Å². The third-order valence-electron chi connectivity index (χ3n) is 9.39. The first-order chi connectivity index (χ1) is 29.6. The van der Waals surface area contributed by atoms with Crippen LogP contribution >= 0.6 is 11.6 Å². The van der Waals surface area contributed by atoms with Gasteiger partial charge >= 0.3 is 0 Å². The van der Waals surface area contributed by atoms with E-state index in [4.69, 9.17) is 22.0 Å². The number of anilines is 1. The molecule has 3 heterocycles. The van der Waals surface area contributed by atoms with E-state index in [1.165, 1.54) is 42.7 Å². The van der Waals surface area contributed by atoms with Crippen LogP contribution in [0.15, 0.2) is 77.9 Å². The first kappa shape index (κ1) is 43.9. The molecular formula is C39H31ClF8N10O3S. The molecule has 7 rings (SSSR count). The van der Waals surface area contributed by atoms with Crippen LogP contribution in [0, 0.1) is 17.0 Å². The second kappa shape index (κ2) is 18.5. The van der Waals surface area contributed by atoms with E-state index in [1.807, 2.05) is 0 Å². The van der Waals surface area contributed by atoms with Crippen molar-refractivity contribution < 1.29 is 44.5 Å². The van der Waals surface area contributed by atoms with Gasteiger partial charge in [-0.3, -0.25) is 24.2 Å². The van der Waals surface area contributed by atoms with Crippen molar-refractivity contribution >= 4 is 51.3 Å². The number of amides is 1. The zero-order chi connectivity index (χ0) is 44.4. The number of nitrogens with zero attached hydrogens (tertiary/aromatic N) is 6. The molecule has 1 amide bonds. The first-order valence-electron chi connectivity index (χ1n) is 18.4.